The van der Waals surface area contributed by atoms with E-state index in [1.165, 1.54) is 4.90 Å². The van der Waals surface area contributed by atoms with Crippen molar-refractivity contribution in [3.05, 3.63) is 58.6 Å². The molecule has 0 spiro atoms. The van der Waals surface area contributed by atoms with Gasteiger partial charge in [-0.25, -0.2) is 0 Å². The van der Waals surface area contributed by atoms with E-state index in [2.05, 4.69) is 0 Å². The zero-order valence-electron chi connectivity index (χ0n) is 16.6. The molecule has 2 aromatic rings. The van der Waals surface area contributed by atoms with E-state index in [0.717, 1.165) is 17.8 Å². The molecule has 0 fully saturated rings. The lowest BCUT2D eigenvalue weighted by Gasteiger charge is -2.36. The number of anilines is 1. The van der Waals surface area contributed by atoms with E-state index in [0.29, 0.717) is 29.1 Å². The maximum absolute atomic E-state index is 13.3. The number of amides is 1. The van der Waals surface area contributed by atoms with Gasteiger partial charge in [-0.2, -0.15) is 26.3 Å². The third kappa shape index (κ3) is 4.58. The molecule has 1 aliphatic heterocycles. The van der Waals surface area contributed by atoms with Gasteiger partial charge in [0.25, 0.3) is 5.60 Å². The van der Waals surface area contributed by atoms with Gasteiger partial charge in [0, 0.05) is 27.3 Å². The molecule has 2 aromatic carbocycles. The van der Waals surface area contributed by atoms with Crippen LogP contribution in [0.1, 0.15) is 24.5 Å². The molecule has 1 aliphatic rings. The summed E-state index contributed by atoms with van der Waals surface area (Å²) in [5, 5.41) is 9.97. The number of halogens is 7. The molecule has 3 rings (SSSR count). The molecular weight excluding hydrogens is 480 g/mol. The average molecular weight is 498 g/mol. The van der Waals surface area contributed by atoms with E-state index in [1.807, 2.05) is 0 Å². The highest BCUT2D eigenvalue weighted by atomic mass is 35.5. The van der Waals surface area contributed by atoms with Gasteiger partial charge < -0.3 is 10.0 Å². The van der Waals surface area contributed by atoms with Crippen molar-refractivity contribution < 1.29 is 36.2 Å². The third-order valence-corrected chi connectivity index (χ3v) is 6.84. The van der Waals surface area contributed by atoms with Gasteiger partial charge in [0.1, 0.15) is 0 Å². The molecule has 0 saturated heterocycles. The number of carbonyl (C=O) groups is 1. The molecule has 0 aliphatic carbocycles. The van der Waals surface area contributed by atoms with E-state index in [4.69, 9.17) is 11.6 Å². The number of benzene rings is 2. The largest absolute Gasteiger partial charge is 0.430 e. The average Bonchev–Trinajstić information content (AvgIpc) is 2.71. The lowest BCUT2D eigenvalue weighted by atomic mass is 9.92. The van der Waals surface area contributed by atoms with E-state index in [9.17, 15) is 36.2 Å². The number of rotatable bonds is 4. The van der Waals surface area contributed by atoms with Crippen molar-refractivity contribution in [1.29, 1.82) is 0 Å². The van der Waals surface area contributed by atoms with Crippen molar-refractivity contribution in [3.63, 3.8) is 0 Å². The topological polar surface area (TPSA) is 40.5 Å². The Kier molecular flexibility index (Phi) is 6.80. The SMILES string of the molecule is CC[C@H]1CN(C(=O)Cc2ccc(Cl)cc2)c2ccc(C(O)(C(F)(F)F)C(F)(F)F)cc2S1. The van der Waals surface area contributed by atoms with Crippen molar-refractivity contribution >= 4 is 35.0 Å². The highest BCUT2D eigenvalue weighted by molar-refractivity contribution is 8.00. The highest BCUT2D eigenvalue weighted by Gasteiger charge is 2.71. The van der Waals surface area contributed by atoms with Crippen molar-refractivity contribution in [2.45, 2.75) is 47.9 Å². The predicted molar refractivity (Wildman–Crippen MR) is 110 cm³/mol. The molecule has 0 unspecified atom stereocenters. The summed E-state index contributed by atoms with van der Waals surface area (Å²) in [4.78, 5) is 14.4. The number of aliphatic hydroxyl groups is 1. The summed E-state index contributed by atoms with van der Waals surface area (Å²) < 4.78 is 79.7. The van der Waals surface area contributed by atoms with Crippen LogP contribution in [-0.4, -0.2) is 35.2 Å². The minimum atomic E-state index is -5.98. The normalized spacial score (nSPS) is 17.3. The Balaban J connectivity index is 2.01. The Hall–Kier alpha value is -1.91. The monoisotopic (exact) mass is 497 g/mol. The summed E-state index contributed by atoms with van der Waals surface area (Å²) in [6.45, 7) is 2.05. The van der Waals surface area contributed by atoms with Crippen LogP contribution in [0.2, 0.25) is 5.02 Å². The van der Waals surface area contributed by atoms with E-state index in [1.54, 1.807) is 31.2 Å². The number of nitrogens with zero attached hydrogens (tertiary/aromatic N) is 1. The predicted octanol–water partition coefficient (Wildman–Crippen LogP) is 6.11. The van der Waals surface area contributed by atoms with E-state index in [-0.39, 0.29) is 34.7 Å². The lowest BCUT2D eigenvalue weighted by molar-refractivity contribution is -0.376. The lowest BCUT2D eigenvalue weighted by Crippen LogP contribution is -2.54. The van der Waals surface area contributed by atoms with Gasteiger partial charge in [0.2, 0.25) is 5.91 Å². The van der Waals surface area contributed by atoms with Crippen molar-refractivity contribution in [2.24, 2.45) is 0 Å². The fourth-order valence-corrected chi connectivity index (χ4v) is 4.75. The smallest absolute Gasteiger partial charge is 0.369 e. The maximum Gasteiger partial charge on any atom is 0.430 e. The van der Waals surface area contributed by atoms with Crippen molar-refractivity contribution in [1.82, 2.24) is 0 Å². The molecule has 0 aromatic heterocycles. The van der Waals surface area contributed by atoms with Gasteiger partial charge in [-0.15, -0.1) is 11.8 Å². The molecule has 32 heavy (non-hydrogen) atoms. The fourth-order valence-electron chi connectivity index (χ4n) is 3.38. The van der Waals surface area contributed by atoms with Crippen LogP contribution >= 0.6 is 23.4 Å². The van der Waals surface area contributed by atoms with Crippen LogP contribution in [0.3, 0.4) is 0 Å². The number of carbonyl (C=O) groups excluding carboxylic acids is 1. The van der Waals surface area contributed by atoms with Crippen LogP contribution < -0.4 is 4.90 Å². The minimum Gasteiger partial charge on any atom is -0.369 e. The number of alkyl halides is 6. The van der Waals surface area contributed by atoms with Gasteiger partial charge >= 0.3 is 12.4 Å². The Morgan fingerprint density at radius 2 is 1.69 bits per heavy atom. The molecule has 1 amide bonds. The van der Waals surface area contributed by atoms with E-state index >= 15 is 0 Å². The van der Waals surface area contributed by atoms with Gasteiger partial charge in [-0.05, 0) is 36.2 Å². The maximum atomic E-state index is 13.3. The molecule has 1 heterocycles. The first kappa shape index (κ1) is 24.7. The van der Waals surface area contributed by atoms with Crippen molar-refractivity contribution in [3.8, 4) is 0 Å². The molecular formula is C21H18ClF6NO2S. The van der Waals surface area contributed by atoms with Crippen LogP contribution in [0, 0.1) is 0 Å². The minimum absolute atomic E-state index is 0.0193. The van der Waals surface area contributed by atoms with Crippen LogP contribution in [0.5, 0.6) is 0 Å². The molecule has 174 valence electrons. The van der Waals surface area contributed by atoms with Crippen molar-refractivity contribution in [2.75, 3.05) is 11.4 Å². The Labute approximate surface area is 189 Å². The summed E-state index contributed by atoms with van der Waals surface area (Å²) in [6.07, 6.45) is -11.4. The van der Waals surface area contributed by atoms with Gasteiger partial charge in [0.05, 0.1) is 12.1 Å². The van der Waals surface area contributed by atoms with Crippen LogP contribution in [-0.2, 0) is 16.8 Å². The molecule has 1 atom stereocenters. The first-order valence-electron chi connectivity index (χ1n) is 9.49. The van der Waals surface area contributed by atoms with Crippen LogP contribution in [0.15, 0.2) is 47.4 Å². The van der Waals surface area contributed by atoms with Crippen LogP contribution in [0.25, 0.3) is 0 Å². The number of fused-ring (bicyclic) bond motifs is 1. The quantitative estimate of drug-likeness (QED) is 0.518. The molecule has 0 bridgehead atoms. The Morgan fingerprint density at radius 3 is 2.22 bits per heavy atom. The molecule has 0 saturated carbocycles. The number of thioether (sulfide) groups is 1. The number of hydrogen-bond acceptors (Lipinski definition) is 3. The second-order valence-corrected chi connectivity index (χ2v) is 9.12. The summed E-state index contributed by atoms with van der Waals surface area (Å²) in [5.74, 6) is -0.359. The van der Waals surface area contributed by atoms with Gasteiger partial charge in [0.15, 0.2) is 0 Å². The standard InChI is InChI=1S/C21H18ClF6NO2S/c1-2-15-11-29(18(30)9-12-3-6-14(22)7-4-12)16-8-5-13(10-17(16)32-15)19(31,20(23,24)25)21(26,27)28/h3-8,10,15,31H,2,9,11H2,1H3/t15-/m0/s1. The molecule has 0 radical (unpaired) electrons. The summed E-state index contributed by atoms with van der Waals surface area (Å²) >= 11 is 6.92. The first-order valence-corrected chi connectivity index (χ1v) is 10.8. The molecule has 3 nitrogen and oxygen atoms in total. The number of hydrogen-bond donors (Lipinski definition) is 1. The van der Waals surface area contributed by atoms with Gasteiger partial charge in [-0.3, -0.25) is 4.79 Å². The second-order valence-electron chi connectivity index (χ2n) is 7.34. The zero-order chi connectivity index (χ0) is 23.9. The third-order valence-electron chi connectivity index (χ3n) is 5.19. The molecule has 11 heteroatoms. The van der Waals surface area contributed by atoms with Gasteiger partial charge in [-0.1, -0.05) is 36.7 Å². The second kappa shape index (κ2) is 8.79. The Bertz CT molecular complexity index is 979. The molecule has 1 N–H and O–H groups in total. The summed E-state index contributed by atoms with van der Waals surface area (Å²) in [5.41, 5.74) is -5.50. The van der Waals surface area contributed by atoms with E-state index < -0.39 is 23.5 Å². The fraction of sp³-hybridized carbons (Fsp3) is 0.381. The van der Waals surface area contributed by atoms with Crippen LogP contribution in [0.4, 0.5) is 32.0 Å². The highest BCUT2D eigenvalue weighted by Crippen LogP contribution is 2.52. The Morgan fingerprint density at radius 1 is 1.09 bits per heavy atom. The first-order chi connectivity index (χ1) is 14.8. The summed E-state index contributed by atoms with van der Waals surface area (Å²) in [6, 6.07) is 8.80. The summed E-state index contributed by atoms with van der Waals surface area (Å²) in [7, 11) is 0. The zero-order valence-corrected chi connectivity index (χ0v) is 18.2.